The predicted molar refractivity (Wildman–Crippen MR) is 75.7 cm³/mol. The van der Waals surface area contributed by atoms with Gasteiger partial charge < -0.3 is 0 Å². The van der Waals surface area contributed by atoms with Crippen molar-refractivity contribution < 1.29 is 0 Å². The van der Waals surface area contributed by atoms with Gasteiger partial charge in [0.2, 0.25) is 0 Å². The molecule has 4 heteroatoms. The topological polar surface area (TPSA) is 43.6 Å². The summed E-state index contributed by atoms with van der Waals surface area (Å²) in [4.78, 5) is 9.35. The molecule has 0 amide bonds. The summed E-state index contributed by atoms with van der Waals surface area (Å²) in [7, 11) is 1.92. The second-order valence-corrected chi connectivity index (χ2v) is 4.62. The first-order chi connectivity index (χ1) is 9.29. The van der Waals surface area contributed by atoms with Gasteiger partial charge in [-0.25, -0.2) is 9.97 Å². The van der Waals surface area contributed by atoms with E-state index in [0.29, 0.717) is 0 Å². The van der Waals surface area contributed by atoms with E-state index in [-0.39, 0.29) is 0 Å². The number of hydrogen-bond acceptors (Lipinski definition) is 3. The third-order valence-electron chi connectivity index (χ3n) is 3.19. The van der Waals surface area contributed by atoms with Crippen LogP contribution in [0.1, 0.15) is 19.0 Å². The van der Waals surface area contributed by atoms with Crippen LogP contribution < -0.4 is 0 Å². The molecule has 0 aliphatic rings. The molecule has 0 N–H and O–H groups in total. The third kappa shape index (κ3) is 2.10. The molecule has 0 bridgehead atoms. The molecule has 0 radical (unpaired) electrons. The molecule has 19 heavy (non-hydrogen) atoms. The zero-order valence-electron chi connectivity index (χ0n) is 11.2. The van der Waals surface area contributed by atoms with Gasteiger partial charge in [-0.3, -0.25) is 4.68 Å². The fraction of sp³-hybridized carbons (Fsp3) is 0.267. The molecule has 2 heterocycles. The second kappa shape index (κ2) is 4.80. The fourth-order valence-electron chi connectivity index (χ4n) is 2.22. The van der Waals surface area contributed by atoms with Crippen LogP contribution in [0, 0.1) is 0 Å². The predicted octanol–water partition coefficient (Wildman–Crippen LogP) is 2.98. The number of aromatic nitrogens is 4. The summed E-state index contributed by atoms with van der Waals surface area (Å²) in [6.45, 7) is 2.16. The molecular weight excluding hydrogens is 236 g/mol. The first-order valence-corrected chi connectivity index (χ1v) is 6.53. The van der Waals surface area contributed by atoms with E-state index in [4.69, 9.17) is 4.98 Å². The van der Waals surface area contributed by atoms with Crippen LogP contribution in [0.3, 0.4) is 0 Å². The summed E-state index contributed by atoms with van der Waals surface area (Å²) >= 11 is 0. The van der Waals surface area contributed by atoms with Crippen molar-refractivity contribution in [2.75, 3.05) is 0 Å². The normalized spacial score (nSPS) is 11.1. The molecule has 1 aromatic carbocycles. The molecule has 0 saturated heterocycles. The molecule has 0 fully saturated rings. The Morgan fingerprint density at radius 2 is 1.89 bits per heavy atom. The fourth-order valence-corrected chi connectivity index (χ4v) is 2.22. The molecular formula is C15H16N4. The van der Waals surface area contributed by atoms with Crippen LogP contribution >= 0.6 is 0 Å². The standard InChI is InChI=1S/C15H16N4/c1-3-7-13-12-10-16-19(2)15(12)18-14(17-13)11-8-5-4-6-9-11/h4-6,8-10H,3,7H2,1-2H3. The van der Waals surface area contributed by atoms with Crippen molar-refractivity contribution in [2.24, 2.45) is 7.05 Å². The van der Waals surface area contributed by atoms with Crippen molar-refractivity contribution in [1.29, 1.82) is 0 Å². The van der Waals surface area contributed by atoms with E-state index in [1.165, 1.54) is 0 Å². The number of fused-ring (bicyclic) bond motifs is 1. The maximum Gasteiger partial charge on any atom is 0.161 e. The van der Waals surface area contributed by atoms with Gasteiger partial charge in [-0.1, -0.05) is 43.7 Å². The van der Waals surface area contributed by atoms with E-state index in [1.807, 2.05) is 48.3 Å². The van der Waals surface area contributed by atoms with Gasteiger partial charge in [0.1, 0.15) is 0 Å². The Morgan fingerprint density at radius 3 is 2.63 bits per heavy atom. The average molecular weight is 252 g/mol. The largest absolute Gasteiger partial charge is 0.250 e. The van der Waals surface area contributed by atoms with Gasteiger partial charge in [0.15, 0.2) is 11.5 Å². The van der Waals surface area contributed by atoms with E-state index in [0.717, 1.165) is 41.0 Å². The highest BCUT2D eigenvalue weighted by Gasteiger charge is 2.11. The van der Waals surface area contributed by atoms with E-state index in [2.05, 4.69) is 17.0 Å². The monoisotopic (exact) mass is 252 g/mol. The molecule has 2 aromatic heterocycles. The Balaban J connectivity index is 2.23. The molecule has 3 rings (SSSR count). The number of aryl methyl sites for hydroxylation is 2. The van der Waals surface area contributed by atoms with Gasteiger partial charge in [0.05, 0.1) is 17.3 Å². The lowest BCUT2D eigenvalue weighted by Gasteiger charge is -2.05. The Bertz CT molecular complexity index is 701. The zero-order chi connectivity index (χ0) is 13.2. The minimum absolute atomic E-state index is 0.778. The molecule has 0 spiro atoms. The smallest absolute Gasteiger partial charge is 0.161 e. The summed E-state index contributed by atoms with van der Waals surface area (Å²) in [5.74, 6) is 0.778. The first kappa shape index (κ1) is 11.8. The molecule has 3 aromatic rings. The van der Waals surface area contributed by atoms with Crippen molar-refractivity contribution in [3.8, 4) is 11.4 Å². The van der Waals surface area contributed by atoms with Crippen LogP contribution in [0.4, 0.5) is 0 Å². The highest BCUT2D eigenvalue weighted by atomic mass is 15.3. The quantitative estimate of drug-likeness (QED) is 0.719. The molecule has 4 nitrogen and oxygen atoms in total. The molecule has 0 aliphatic heterocycles. The van der Waals surface area contributed by atoms with Gasteiger partial charge in [-0.15, -0.1) is 0 Å². The Labute approximate surface area is 112 Å². The van der Waals surface area contributed by atoms with E-state index < -0.39 is 0 Å². The van der Waals surface area contributed by atoms with Crippen LogP contribution in [-0.2, 0) is 13.5 Å². The lowest BCUT2D eigenvalue weighted by atomic mass is 10.1. The van der Waals surface area contributed by atoms with Crippen molar-refractivity contribution in [1.82, 2.24) is 19.7 Å². The highest BCUT2D eigenvalue weighted by Crippen LogP contribution is 2.21. The van der Waals surface area contributed by atoms with Crippen molar-refractivity contribution in [2.45, 2.75) is 19.8 Å². The van der Waals surface area contributed by atoms with Crippen LogP contribution in [0.15, 0.2) is 36.5 Å². The maximum absolute atomic E-state index is 4.71. The van der Waals surface area contributed by atoms with Gasteiger partial charge in [-0.05, 0) is 6.42 Å². The molecule has 96 valence electrons. The number of hydrogen-bond donors (Lipinski definition) is 0. The number of benzene rings is 1. The number of rotatable bonds is 3. The van der Waals surface area contributed by atoms with Gasteiger partial charge in [0, 0.05) is 12.6 Å². The van der Waals surface area contributed by atoms with Gasteiger partial charge >= 0.3 is 0 Å². The Hall–Kier alpha value is -2.23. The maximum atomic E-state index is 4.71. The Morgan fingerprint density at radius 1 is 1.11 bits per heavy atom. The van der Waals surface area contributed by atoms with E-state index >= 15 is 0 Å². The van der Waals surface area contributed by atoms with Crippen molar-refractivity contribution in [3.63, 3.8) is 0 Å². The SMILES string of the molecule is CCCc1nc(-c2ccccc2)nc2c1cnn2C. The summed E-state index contributed by atoms with van der Waals surface area (Å²) in [6.07, 6.45) is 3.87. The third-order valence-corrected chi connectivity index (χ3v) is 3.19. The lowest BCUT2D eigenvalue weighted by molar-refractivity contribution is 0.785. The summed E-state index contributed by atoms with van der Waals surface area (Å²) in [5, 5.41) is 5.35. The molecule has 0 atom stereocenters. The molecule has 0 saturated carbocycles. The molecule has 0 unspecified atom stereocenters. The van der Waals surface area contributed by atoms with E-state index in [1.54, 1.807) is 0 Å². The van der Waals surface area contributed by atoms with Crippen molar-refractivity contribution >= 4 is 11.0 Å². The lowest BCUT2D eigenvalue weighted by Crippen LogP contribution is -1.99. The summed E-state index contributed by atoms with van der Waals surface area (Å²) in [6, 6.07) is 10.1. The zero-order valence-corrected chi connectivity index (χ0v) is 11.2. The summed E-state index contributed by atoms with van der Waals surface area (Å²) < 4.78 is 1.81. The minimum atomic E-state index is 0.778. The van der Waals surface area contributed by atoms with Gasteiger partial charge in [-0.2, -0.15) is 5.10 Å². The van der Waals surface area contributed by atoms with Crippen LogP contribution in [0.5, 0.6) is 0 Å². The highest BCUT2D eigenvalue weighted by molar-refractivity contribution is 5.79. The second-order valence-electron chi connectivity index (χ2n) is 4.62. The van der Waals surface area contributed by atoms with E-state index in [9.17, 15) is 0 Å². The average Bonchev–Trinajstić information content (AvgIpc) is 2.82. The van der Waals surface area contributed by atoms with Gasteiger partial charge in [0.25, 0.3) is 0 Å². The first-order valence-electron chi connectivity index (χ1n) is 6.53. The Kier molecular flexibility index (Phi) is 2.99. The number of nitrogens with zero attached hydrogens (tertiary/aromatic N) is 4. The van der Waals surface area contributed by atoms with Crippen molar-refractivity contribution in [3.05, 3.63) is 42.2 Å². The van der Waals surface area contributed by atoms with Crippen LogP contribution in [-0.4, -0.2) is 19.7 Å². The summed E-state index contributed by atoms with van der Waals surface area (Å²) in [5.41, 5.74) is 3.03. The molecule has 0 aliphatic carbocycles. The van der Waals surface area contributed by atoms with Crippen LogP contribution in [0.2, 0.25) is 0 Å². The van der Waals surface area contributed by atoms with Crippen LogP contribution in [0.25, 0.3) is 22.4 Å². The minimum Gasteiger partial charge on any atom is -0.250 e.